The molecule has 1 N–H and O–H groups in total. The van der Waals surface area contributed by atoms with Crippen LogP contribution in [0.15, 0.2) is 0 Å². The largest absolute Gasteiger partial charge is 0.316 e. The quantitative estimate of drug-likeness (QED) is 0.645. The smallest absolute Gasteiger partial charge is 0.00470 e. The lowest BCUT2D eigenvalue weighted by molar-refractivity contribution is 0.515. The van der Waals surface area contributed by atoms with Gasteiger partial charge in [-0.25, -0.2) is 0 Å². The van der Waals surface area contributed by atoms with Crippen LogP contribution in [-0.4, -0.2) is 24.1 Å². The molecule has 1 fully saturated rings. The Balaban J connectivity index is 1.80. The summed E-state index contributed by atoms with van der Waals surface area (Å²) in [5, 5.41) is 4.51. The molecule has 0 saturated heterocycles. The first-order valence-corrected chi connectivity index (χ1v) is 8.16. The molecule has 0 aromatic rings. The first-order chi connectivity index (χ1) is 7.79. The van der Waals surface area contributed by atoms with Crippen LogP contribution in [-0.2, 0) is 0 Å². The van der Waals surface area contributed by atoms with Crippen molar-refractivity contribution in [3.63, 3.8) is 0 Å². The molecule has 2 heteroatoms. The Labute approximate surface area is 106 Å². The number of hydrogen-bond acceptors (Lipinski definition) is 2. The van der Waals surface area contributed by atoms with Crippen molar-refractivity contribution < 1.29 is 0 Å². The molecule has 0 radical (unpaired) electrons. The maximum Gasteiger partial charge on any atom is 0.00470 e. The predicted octanol–water partition coefficient (Wildman–Crippen LogP) is 4.08. The maximum absolute atomic E-state index is 3.51. The van der Waals surface area contributed by atoms with Crippen molar-refractivity contribution in [2.45, 2.75) is 64.0 Å². The molecule has 0 heterocycles. The number of unbranched alkanes of at least 4 members (excludes halogenated alkanes) is 1. The molecule has 1 aliphatic carbocycles. The predicted molar refractivity (Wildman–Crippen MR) is 76.3 cm³/mol. The van der Waals surface area contributed by atoms with Crippen molar-refractivity contribution >= 4 is 11.8 Å². The van der Waals surface area contributed by atoms with Gasteiger partial charge in [-0.05, 0) is 50.4 Å². The molecule has 1 rings (SSSR count). The van der Waals surface area contributed by atoms with Crippen molar-refractivity contribution in [1.29, 1.82) is 0 Å². The van der Waals surface area contributed by atoms with E-state index < -0.39 is 0 Å². The molecule has 0 atom stereocenters. The summed E-state index contributed by atoms with van der Waals surface area (Å²) >= 11 is 2.23. The highest BCUT2D eigenvalue weighted by atomic mass is 32.2. The van der Waals surface area contributed by atoms with E-state index in [9.17, 15) is 0 Å². The molecule has 0 bridgehead atoms. The third-order valence-electron chi connectivity index (χ3n) is 3.21. The van der Waals surface area contributed by atoms with E-state index in [1.165, 1.54) is 63.8 Å². The first kappa shape index (κ1) is 14.4. The van der Waals surface area contributed by atoms with Gasteiger partial charge in [-0.1, -0.05) is 33.1 Å². The van der Waals surface area contributed by atoms with E-state index in [1.54, 1.807) is 0 Å². The van der Waals surface area contributed by atoms with E-state index in [-0.39, 0.29) is 0 Å². The van der Waals surface area contributed by atoms with Crippen LogP contribution in [0.3, 0.4) is 0 Å². The number of nitrogens with one attached hydrogen (secondary N) is 1. The van der Waals surface area contributed by atoms with E-state index in [1.807, 2.05) is 0 Å². The molecule has 0 amide bonds. The Kier molecular flexibility index (Phi) is 8.40. The summed E-state index contributed by atoms with van der Waals surface area (Å²) < 4.78 is 0. The SMILES string of the molecule is CC(C)CNCCCCSC1CCCCC1. The van der Waals surface area contributed by atoms with Gasteiger partial charge in [0.25, 0.3) is 0 Å². The molecule has 0 aromatic heterocycles. The van der Waals surface area contributed by atoms with Gasteiger partial charge in [-0.15, -0.1) is 0 Å². The molecule has 0 aromatic carbocycles. The third kappa shape index (κ3) is 7.56. The van der Waals surface area contributed by atoms with Crippen molar-refractivity contribution in [3.05, 3.63) is 0 Å². The van der Waals surface area contributed by atoms with Crippen LogP contribution in [0.5, 0.6) is 0 Å². The Bertz CT molecular complexity index is 153. The summed E-state index contributed by atoms with van der Waals surface area (Å²) in [6.07, 6.45) is 10.2. The average Bonchev–Trinajstić information content (AvgIpc) is 2.29. The van der Waals surface area contributed by atoms with Gasteiger partial charge in [0.2, 0.25) is 0 Å². The first-order valence-electron chi connectivity index (χ1n) is 7.11. The second kappa shape index (κ2) is 9.35. The zero-order valence-electron chi connectivity index (χ0n) is 11.1. The summed E-state index contributed by atoms with van der Waals surface area (Å²) in [5.41, 5.74) is 0. The maximum atomic E-state index is 3.51. The highest BCUT2D eigenvalue weighted by Crippen LogP contribution is 2.28. The van der Waals surface area contributed by atoms with Gasteiger partial charge >= 0.3 is 0 Å². The Morgan fingerprint density at radius 3 is 2.56 bits per heavy atom. The highest BCUT2D eigenvalue weighted by molar-refractivity contribution is 7.99. The van der Waals surface area contributed by atoms with Crippen LogP contribution in [0, 0.1) is 5.92 Å². The number of hydrogen-bond donors (Lipinski definition) is 1. The fourth-order valence-electron chi connectivity index (χ4n) is 2.22. The standard InChI is InChI=1S/C14H29NS/c1-13(2)12-15-10-6-7-11-16-14-8-4-3-5-9-14/h13-15H,3-12H2,1-2H3. The molecular formula is C14H29NS. The van der Waals surface area contributed by atoms with E-state index in [4.69, 9.17) is 0 Å². The van der Waals surface area contributed by atoms with Gasteiger partial charge in [0.15, 0.2) is 0 Å². The zero-order valence-corrected chi connectivity index (χ0v) is 12.0. The Morgan fingerprint density at radius 2 is 1.88 bits per heavy atom. The second-order valence-corrected chi connectivity index (χ2v) is 6.84. The van der Waals surface area contributed by atoms with Crippen molar-refractivity contribution in [2.24, 2.45) is 5.92 Å². The molecule has 0 spiro atoms. The van der Waals surface area contributed by atoms with Gasteiger partial charge in [0.1, 0.15) is 0 Å². The second-order valence-electron chi connectivity index (χ2n) is 5.44. The summed E-state index contributed by atoms with van der Waals surface area (Å²) in [6.45, 7) is 6.93. The zero-order chi connectivity index (χ0) is 11.6. The summed E-state index contributed by atoms with van der Waals surface area (Å²) in [6, 6.07) is 0. The van der Waals surface area contributed by atoms with Crippen molar-refractivity contribution in [3.8, 4) is 0 Å². The molecule has 1 aliphatic rings. The molecule has 1 saturated carbocycles. The molecule has 0 unspecified atom stereocenters. The minimum Gasteiger partial charge on any atom is -0.316 e. The van der Waals surface area contributed by atoms with Crippen LogP contribution in [0.25, 0.3) is 0 Å². The van der Waals surface area contributed by atoms with Crippen LogP contribution in [0.2, 0.25) is 0 Å². The lowest BCUT2D eigenvalue weighted by Gasteiger charge is -2.20. The molecule has 96 valence electrons. The molecular weight excluding hydrogens is 214 g/mol. The average molecular weight is 243 g/mol. The lowest BCUT2D eigenvalue weighted by atomic mass is 10.0. The summed E-state index contributed by atoms with van der Waals surface area (Å²) in [7, 11) is 0. The van der Waals surface area contributed by atoms with Crippen molar-refractivity contribution in [2.75, 3.05) is 18.8 Å². The highest BCUT2D eigenvalue weighted by Gasteiger charge is 2.12. The summed E-state index contributed by atoms with van der Waals surface area (Å²) in [4.78, 5) is 0. The monoisotopic (exact) mass is 243 g/mol. The van der Waals surface area contributed by atoms with E-state index in [0.717, 1.165) is 11.2 Å². The lowest BCUT2D eigenvalue weighted by Crippen LogP contribution is -2.20. The van der Waals surface area contributed by atoms with E-state index >= 15 is 0 Å². The van der Waals surface area contributed by atoms with Gasteiger partial charge in [-0.3, -0.25) is 0 Å². The van der Waals surface area contributed by atoms with Crippen molar-refractivity contribution in [1.82, 2.24) is 5.32 Å². The number of rotatable bonds is 8. The fraction of sp³-hybridized carbons (Fsp3) is 1.00. The van der Waals surface area contributed by atoms with Crippen LogP contribution in [0.1, 0.15) is 58.8 Å². The third-order valence-corrected chi connectivity index (χ3v) is 4.67. The van der Waals surface area contributed by atoms with Crippen LogP contribution < -0.4 is 5.32 Å². The Morgan fingerprint density at radius 1 is 1.12 bits per heavy atom. The minimum atomic E-state index is 0.789. The van der Waals surface area contributed by atoms with Gasteiger partial charge in [0, 0.05) is 5.25 Å². The Hall–Kier alpha value is 0.310. The fourth-order valence-corrected chi connectivity index (χ4v) is 3.60. The topological polar surface area (TPSA) is 12.0 Å². The molecule has 16 heavy (non-hydrogen) atoms. The number of thioether (sulfide) groups is 1. The van der Waals surface area contributed by atoms with Crippen LogP contribution in [0.4, 0.5) is 0 Å². The van der Waals surface area contributed by atoms with E-state index in [0.29, 0.717) is 0 Å². The van der Waals surface area contributed by atoms with Gasteiger partial charge < -0.3 is 5.32 Å². The van der Waals surface area contributed by atoms with E-state index in [2.05, 4.69) is 30.9 Å². The van der Waals surface area contributed by atoms with Gasteiger partial charge in [-0.2, -0.15) is 11.8 Å². The summed E-state index contributed by atoms with van der Waals surface area (Å²) in [5.74, 6) is 2.17. The molecule has 0 aliphatic heterocycles. The normalized spacial score (nSPS) is 18.2. The van der Waals surface area contributed by atoms with Crippen LogP contribution >= 0.6 is 11.8 Å². The van der Waals surface area contributed by atoms with Gasteiger partial charge in [0.05, 0.1) is 0 Å². The minimum absolute atomic E-state index is 0.789. The molecule has 1 nitrogen and oxygen atoms in total.